The summed E-state index contributed by atoms with van der Waals surface area (Å²) in [5, 5.41) is 0.557. The van der Waals surface area contributed by atoms with E-state index >= 15 is 0 Å². The minimum Gasteiger partial charge on any atom is -0.300 e. The molecule has 0 radical (unpaired) electrons. The number of halogens is 3. The van der Waals surface area contributed by atoms with Crippen LogP contribution in [0.2, 0.25) is 10.0 Å². The zero-order valence-corrected chi connectivity index (χ0v) is 23.0. The van der Waals surface area contributed by atoms with Crippen LogP contribution in [0.3, 0.4) is 0 Å². The molecule has 1 atom stereocenters. The molecule has 1 amide bonds. The molecule has 0 unspecified atom stereocenters. The second-order valence-corrected chi connectivity index (χ2v) is 12.7. The fourth-order valence-electron chi connectivity index (χ4n) is 4.72. The highest BCUT2D eigenvalue weighted by Gasteiger charge is 2.52. The predicted molar refractivity (Wildman–Crippen MR) is 140 cm³/mol. The van der Waals surface area contributed by atoms with E-state index in [9.17, 15) is 18.0 Å². The average Bonchev–Trinajstić information content (AvgIpc) is 3.34. The van der Waals surface area contributed by atoms with Crippen molar-refractivity contribution in [2.75, 3.05) is 18.0 Å². The van der Waals surface area contributed by atoms with Crippen molar-refractivity contribution in [2.45, 2.75) is 36.8 Å². The highest BCUT2D eigenvalue weighted by Crippen LogP contribution is 2.45. The molecule has 0 N–H and O–H groups in total. The molecule has 0 bridgehead atoms. The Morgan fingerprint density at radius 3 is 2.25 bits per heavy atom. The Morgan fingerprint density at radius 1 is 1.03 bits per heavy atom. The van der Waals surface area contributed by atoms with Crippen molar-refractivity contribution in [3.63, 3.8) is 0 Å². The Balaban J connectivity index is 1.67. The number of fused-ring (bicyclic) bond motifs is 1. The van der Waals surface area contributed by atoms with Crippen molar-refractivity contribution < 1.29 is 18.0 Å². The molecule has 1 aromatic heterocycles. The molecule has 2 aromatic carbocycles. The monoisotopic (exact) mass is 610 g/mol. The van der Waals surface area contributed by atoms with Gasteiger partial charge in [0.05, 0.1) is 11.9 Å². The minimum atomic E-state index is -4.04. The number of nitrogens with zero attached hydrogens (tertiary/aromatic N) is 4. The van der Waals surface area contributed by atoms with Gasteiger partial charge in [-0.15, -0.1) is 0 Å². The number of benzene rings is 2. The lowest BCUT2D eigenvalue weighted by molar-refractivity contribution is -0.124. The van der Waals surface area contributed by atoms with Crippen LogP contribution in [0.5, 0.6) is 0 Å². The molecule has 0 aliphatic carbocycles. The fourth-order valence-corrected chi connectivity index (χ4v) is 7.13. The minimum absolute atomic E-state index is 0.0271. The second-order valence-electron chi connectivity index (χ2n) is 9.02. The zero-order chi connectivity index (χ0) is 25.8. The molecule has 188 valence electrons. The second kappa shape index (κ2) is 9.25. The van der Waals surface area contributed by atoms with Gasteiger partial charge < -0.3 is 0 Å². The van der Waals surface area contributed by atoms with Crippen molar-refractivity contribution in [3.8, 4) is 0 Å². The Hall–Kier alpha value is -2.24. The number of piperidine rings is 1. The van der Waals surface area contributed by atoms with Crippen LogP contribution in [0.4, 0.5) is 11.6 Å². The maximum absolute atomic E-state index is 14.1. The molecule has 12 heteroatoms. The molecule has 2 aliphatic rings. The van der Waals surface area contributed by atoms with E-state index in [1.54, 1.807) is 25.1 Å². The van der Waals surface area contributed by atoms with Crippen LogP contribution in [0.1, 0.15) is 25.3 Å². The molecular weight excluding hydrogens is 591 g/mol. The van der Waals surface area contributed by atoms with Gasteiger partial charge in [-0.25, -0.2) is 18.3 Å². The Kier molecular flexibility index (Phi) is 6.53. The van der Waals surface area contributed by atoms with Crippen LogP contribution >= 0.6 is 39.1 Å². The van der Waals surface area contributed by atoms with Crippen LogP contribution in [0.15, 0.2) is 58.2 Å². The van der Waals surface area contributed by atoms with Gasteiger partial charge in [0.25, 0.3) is 15.9 Å². The number of hydrogen-bond acceptors (Lipinski definition) is 5. The first-order chi connectivity index (χ1) is 17.0. The Morgan fingerprint density at radius 2 is 1.64 bits per heavy atom. The zero-order valence-electron chi connectivity index (χ0n) is 19.1. The van der Waals surface area contributed by atoms with E-state index in [1.165, 1.54) is 20.0 Å². The number of anilines is 2. The van der Waals surface area contributed by atoms with Crippen molar-refractivity contribution >= 4 is 72.5 Å². The molecule has 36 heavy (non-hydrogen) atoms. The summed E-state index contributed by atoms with van der Waals surface area (Å²) in [6.07, 6.45) is 1.80. The van der Waals surface area contributed by atoms with Crippen LogP contribution in [0.25, 0.3) is 0 Å². The van der Waals surface area contributed by atoms with Gasteiger partial charge in [-0.1, -0.05) is 51.3 Å². The topological polar surface area (TPSA) is 92.6 Å². The number of aromatic nitrogens is 2. The van der Waals surface area contributed by atoms with E-state index < -0.39 is 15.6 Å². The summed E-state index contributed by atoms with van der Waals surface area (Å²) in [7, 11) is -4.04. The highest BCUT2D eigenvalue weighted by atomic mass is 79.9. The van der Waals surface area contributed by atoms with Crippen LogP contribution in [-0.4, -0.2) is 47.1 Å². The quantitative estimate of drug-likeness (QED) is 0.407. The molecule has 8 nitrogen and oxygen atoms in total. The maximum Gasteiger partial charge on any atom is 0.260 e. The third-order valence-electron chi connectivity index (χ3n) is 6.52. The lowest BCUT2D eigenvalue weighted by Crippen LogP contribution is -2.44. The number of amides is 1. The van der Waals surface area contributed by atoms with Crippen LogP contribution in [0, 0.1) is 0 Å². The van der Waals surface area contributed by atoms with Crippen LogP contribution in [-0.2, 0) is 31.6 Å². The molecule has 1 fully saturated rings. The van der Waals surface area contributed by atoms with Gasteiger partial charge in [-0.05, 0) is 42.8 Å². The number of ketones is 1. The third kappa shape index (κ3) is 4.28. The maximum atomic E-state index is 14.1. The molecule has 0 saturated carbocycles. The van der Waals surface area contributed by atoms with E-state index in [1.807, 2.05) is 24.3 Å². The summed E-state index contributed by atoms with van der Waals surface area (Å²) in [4.78, 5) is 31.5. The molecule has 0 spiro atoms. The molecular formula is C24H21BrCl2N4O4S. The van der Waals surface area contributed by atoms with Crippen LogP contribution < -0.4 is 4.90 Å². The normalized spacial score (nSPS) is 20.7. The molecule has 3 heterocycles. The first-order valence-electron chi connectivity index (χ1n) is 11.2. The molecule has 1 saturated heterocycles. The number of rotatable bonds is 5. The number of imidazole rings is 1. The van der Waals surface area contributed by atoms with Gasteiger partial charge in [-0.2, -0.15) is 4.31 Å². The van der Waals surface area contributed by atoms with E-state index in [2.05, 4.69) is 20.9 Å². The van der Waals surface area contributed by atoms with Gasteiger partial charge in [0.1, 0.15) is 11.3 Å². The lowest BCUT2D eigenvalue weighted by Gasteiger charge is -2.29. The molecule has 5 rings (SSSR count). The van der Waals surface area contributed by atoms with Gasteiger partial charge in [0, 0.05) is 46.9 Å². The Labute approximate surface area is 227 Å². The van der Waals surface area contributed by atoms with Crippen molar-refractivity contribution in [1.29, 1.82) is 0 Å². The molecule has 3 aromatic rings. The van der Waals surface area contributed by atoms with Crippen molar-refractivity contribution in [1.82, 2.24) is 13.9 Å². The van der Waals surface area contributed by atoms with Crippen molar-refractivity contribution in [2.24, 2.45) is 0 Å². The largest absolute Gasteiger partial charge is 0.300 e. The standard InChI is InChI=1S/C24H21BrCl2N4O4S/c1-24(13-15-2-4-16(25)5-3-15)22(33)30(19-11-17(26)10-18(27)12-19)23-28-14-21(31(23)24)36(34,35)29-8-6-20(32)7-9-29/h2-5,10-12,14H,6-9,13H2,1H3/t24-/m1/s1. The smallest absolute Gasteiger partial charge is 0.260 e. The van der Waals surface area contributed by atoms with Gasteiger partial charge >= 0.3 is 0 Å². The summed E-state index contributed by atoms with van der Waals surface area (Å²) < 4.78 is 31.1. The number of Topliss-reactive ketones (excluding diaryl/α,β-unsaturated/α-hetero) is 1. The first kappa shape index (κ1) is 25.4. The summed E-state index contributed by atoms with van der Waals surface area (Å²) in [6, 6.07) is 12.2. The summed E-state index contributed by atoms with van der Waals surface area (Å²) >= 11 is 15.9. The van der Waals surface area contributed by atoms with E-state index in [-0.39, 0.29) is 55.0 Å². The molecule has 2 aliphatic heterocycles. The third-order valence-corrected chi connectivity index (χ3v) is 9.35. The van der Waals surface area contributed by atoms with E-state index in [4.69, 9.17) is 23.2 Å². The summed E-state index contributed by atoms with van der Waals surface area (Å²) in [6.45, 7) is 1.88. The average molecular weight is 612 g/mol. The number of hydrogen-bond donors (Lipinski definition) is 0. The van der Waals surface area contributed by atoms with Crippen molar-refractivity contribution in [3.05, 3.63) is 68.7 Å². The van der Waals surface area contributed by atoms with Gasteiger partial charge in [-0.3, -0.25) is 14.2 Å². The summed E-state index contributed by atoms with van der Waals surface area (Å²) in [5.41, 5.74) is -0.0920. The van der Waals surface area contributed by atoms with E-state index in [0.717, 1.165) is 10.0 Å². The fraction of sp³-hybridized carbons (Fsp3) is 0.292. The predicted octanol–water partition coefficient (Wildman–Crippen LogP) is 4.94. The SMILES string of the molecule is C[C@@]1(Cc2ccc(Br)cc2)C(=O)N(c2cc(Cl)cc(Cl)c2)c2ncc(S(=O)(=O)N3CCC(=O)CC3)n21. The van der Waals surface area contributed by atoms with E-state index in [0.29, 0.717) is 15.7 Å². The first-order valence-corrected chi connectivity index (χ1v) is 14.1. The Bertz CT molecular complexity index is 1460. The number of carbonyl (C=O) groups is 2. The summed E-state index contributed by atoms with van der Waals surface area (Å²) in [5.74, 6) is -0.180. The van der Waals surface area contributed by atoms with Gasteiger partial charge in [0.15, 0.2) is 5.03 Å². The highest BCUT2D eigenvalue weighted by molar-refractivity contribution is 9.10. The number of sulfonamides is 1. The lowest BCUT2D eigenvalue weighted by atomic mass is 9.92. The number of carbonyl (C=O) groups excluding carboxylic acids is 2. The van der Waals surface area contributed by atoms with Gasteiger partial charge in [0.2, 0.25) is 5.95 Å².